The average molecular weight is 264 g/mol. The van der Waals surface area contributed by atoms with E-state index in [-0.39, 0.29) is 19.3 Å². The molecule has 3 N–H and O–H groups in total. The molecule has 0 bridgehead atoms. The van der Waals surface area contributed by atoms with Crippen LogP contribution in [0, 0.1) is 0 Å². The number of fused-ring (bicyclic) bond motifs is 1. The highest BCUT2D eigenvalue weighted by molar-refractivity contribution is 5.78. The molecule has 19 heavy (non-hydrogen) atoms. The van der Waals surface area contributed by atoms with Crippen molar-refractivity contribution in [3.63, 3.8) is 0 Å². The molecule has 6 nitrogen and oxygen atoms in total. The molecule has 1 aliphatic heterocycles. The molecule has 1 aromatic rings. The van der Waals surface area contributed by atoms with Gasteiger partial charge in [0.25, 0.3) is 5.91 Å². The minimum Gasteiger partial charge on any atom is -0.483 e. The van der Waals surface area contributed by atoms with Crippen molar-refractivity contribution in [1.29, 1.82) is 0 Å². The zero-order valence-electron chi connectivity index (χ0n) is 10.5. The molecule has 0 atom stereocenters. The second-order valence-corrected chi connectivity index (χ2v) is 4.65. The van der Waals surface area contributed by atoms with Gasteiger partial charge in [-0.2, -0.15) is 0 Å². The summed E-state index contributed by atoms with van der Waals surface area (Å²) in [6, 6.07) is 3.84. The molecular formula is C13H16N2O4. The average Bonchev–Trinajstić information content (AvgIpc) is 3.10. The van der Waals surface area contributed by atoms with Crippen LogP contribution in [0.3, 0.4) is 0 Å². The van der Waals surface area contributed by atoms with Crippen molar-refractivity contribution >= 4 is 5.91 Å². The molecule has 6 heteroatoms. The van der Waals surface area contributed by atoms with Crippen LogP contribution in [0.2, 0.25) is 0 Å². The minimum atomic E-state index is -0.108. The van der Waals surface area contributed by atoms with E-state index < -0.39 is 0 Å². The van der Waals surface area contributed by atoms with E-state index in [4.69, 9.17) is 19.9 Å². The van der Waals surface area contributed by atoms with Gasteiger partial charge in [-0.15, -0.1) is 0 Å². The number of ether oxygens (including phenoxy) is 3. The molecule has 1 saturated carbocycles. The van der Waals surface area contributed by atoms with Crippen LogP contribution < -0.4 is 25.3 Å². The van der Waals surface area contributed by atoms with Crippen molar-refractivity contribution in [1.82, 2.24) is 5.32 Å². The van der Waals surface area contributed by atoms with Gasteiger partial charge in [0.15, 0.2) is 18.1 Å². The van der Waals surface area contributed by atoms with Crippen LogP contribution in [0.5, 0.6) is 17.2 Å². The van der Waals surface area contributed by atoms with E-state index in [1.807, 2.05) is 0 Å². The Morgan fingerprint density at radius 2 is 2.11 bits per heavy atom. The van der Waals surface area contributed by atoms with Gasteiger partial charge < -0.3 is 25.3 Å². The molecule has 1 aliphatic carbocycles. The van der Waals surface area contributed by atoms with Gasteiger partial charge in [-0.3, -0.25) is 4.79 Å². The molecule has 1 fully saturated rings. The molecule has 2 aliphatic rings. The number of benzene rings is 1. The third-order valence-corrected chi connectivity index (χ3v) is 3.08. The first-order valence-electron chi connectivity index (χ1n) is 6.31. The molecule has 3 rings (SSSR count). The van der Waals surface area contributed by atoms with Gasteiger partial charge in [0.05, 0.1) is 0 Å². The predicted octanol–water partition coefficient (Wildman–Crippen LogP) is 0.531. The van der Waals surface area contributed by atoms with E-state index in [0.717, 1.165) is 18.4 Å². The van der Waals surface area contributed by atoms with Gasteiger partial charge in [-0.25, -0.2) is 0 Å². The molecule has 0 unspecified atom stereocenters. The fraction of sp³-hybridized carbons (Fsp3) is 0.462. The quantitative estimate of drug-likeness (QED) is 0.810. The van der Waals surface area contributed by atoms with Crippen LogP contribution in [0.1, 0.15) is 18.4 Å². The molecule has 1 aromatic carbocycles. The molecule has 0 spiro atoms. The molecule has 102 valence electrons. The van der Waals surface area contributed by atoms with Gasteiger partial charge in [0.1, 0.15) is 5.75 Å². The van der Waals surface area contributed by atoms with E-state index >= 15 is 0 Å². The zero-order chi connectivity index (χ0) is 13.2. The van der Waals surface area contributed by atoms with Gasteiger partial charge in [-0.05, 0) is 18.9 Å². The summed E-state index contributed by atoms with van der Waals surface area (Å²) < 4.78 is 16.1. The summed E-state index contributed by atoms with van der Waals surface area (Å²) in [4.78, 5) is 11.6. The molecule has 0 saturated heterocycles. The van der Waals surface area contributed by atoms with Gasteiger partial charge in [-0.1, -0.05) is 0 Å². The van der Waals surface area contributed by atoms with E-state index in [9.17, 15) is 4.79 Å². The van der Waals surface area contributed by atoms with Crippen molar-refractivity contribution in [3.05, 3.63) is 17.7 Å². The molecule has 1 heterocycles. The number of hydrogen-bond donors (Lipinski definition) is 2. The molecular weight excluding hydrogens is 248 g/mol. The smallest absolute Gasteiger partial charge is 0.258 e. The third kappa shape index (κ3) is 2.73. The Morgan fingerprint density at radius 3 is 2.79 bits per heavy atom. The first-order valence-corrected chi connectivity index (χ1v) is 6.31. The fourth-order valence-corrected chi connectivity index (χ4v) is 1.90. The van der Waals surface area contributed by atoms with E-state index in [0.29, 0.717) is 29.8 Å². The highest BCUT2D eigenvalue weighted by atomic mass is 16.7. The van der Waals surface area contributed by atoms with Crippen molar-refractivity contribution in [2.75, 3.05) is 13.4 Å². The first-order chi connectivity index (χ1) is 9.26. The summed E-state index contributed by atoms with van der Waals surface area (Å²) in [5.41, 5.74) is 6.46. The lowest BCUT2D eigenvalue weighted by atomic mass is 10.2. The largest absolute Gasteiger partial charge is 0.483 e. The lowest BCUT2D eigenvalue weighted by Crippen LogP contribution is -2.30. The SMILES string of the molecule is NCc1cc2c(cc1OCC(=O)NC1CC1)OCO2. The minimum absolute atomic E-state index is 0.0108. The number of nitrogens with one attached hydrogen (secondary N) is 1. The Bertz CT molecular complexity index is 500. The molecule has 0 aromatic heterocycles. The maximum Gasteiger partial charge on any atom is 0.258 e. The second kappa shape index (κ2) is 4.97. The second-order valence-electron chi connectivity index (χ2n) is 4.65. The normalized spacial score (nSPS) is 16.3. The van der Waals surface area contributed by atoms with Gasteiger partial charge in [0, 0.05) is 24.2 Å². The highest BCUT2D eigenvalue weighted by Crippen LogP contribution is 2.38. The van der Waals surface area contributed by atoms with E-state index in [1.54, 1.807) is 12.1 Å². The third-order valence-electron chi connectivity index (χ3n) is 3.08. The molecule has 1 amide bonds. The number of nitrogens with two attached hydrogens (primary N) is 1. The summed E-state index contributed by atoms with van der Waals surface area (Å²) >= 11 is 0. The number of carbonyl (C=O) groups excluding carboxylic acids is 1. The van der Waals surface area contributed by atoms with Gasteiger partial charge >= 0.3 is 0 Å². The fourth-order valence-electron chi connectivity index (χ4n) is 1.90. The van der Waals surface area contributed by atoms with Crippen molar-refractivity contribution < 1.29 is 19.0 Å². The van der Waals surface area contributed by atoms with Crippen LogP contribution in [0.15, 0.2) is 12.1 Å². The van der Waals surface area contributed by atoms with Gasteiger partial charge in [0.2, 0.25) is 6.79 Å². The van der Waals surface area contributed by atoms with Crippen molar-refractivity contribution in [2.24, 2.45) is 5.73 Å². The molecule has 0 radical (unpaired) electrons. The summed E-state index contributed by atoms with van der Waals surface area (Å²) in [7, 11) is 0. The first kappa shape index (κ1) is 12.1. The summed E-state index contributed by atoms with van der Waals surface area (Å²) in [5.74, 6) is 1.74. The maximum atomic E-state index is 11.6. The Kier molecular flexibility index (Phi) is 3.16. The predicted molar refractivity (Wildman–Crippen MR) is 67.1 cm³/mol. The topological polar surface area (TPSA) is 82.8 Å². The standard InChI is InChI=1S/C13H16N2O4/c14-5-8-3-11-12(19-7-18-11)4-10(8)17-6-13(16)15-9-1-2-9/h3-4,9H,1-2,5-7,14H2,(H,15,16). The monoisotopic (exact) mass is 264 g/mol. The summed E-state index contributed by atoms with van der Waals surface area (Å²) in [5, 5.41) is 2.86. The lowest BCUT2D eigenvalue weighted by molar-refractivity contribution is -0.123. The van der Waals surface area contributed by atoms with Crippen molar-refractivity contribution in [2.45, 2.75) is 25.4 Å². The lowest BCUT2D eigenvalue weighted by Gasteiger charge is -2.11. The van der Waals surface area contributed by atoms with Crippen LogP contribution in [0.25, 0.3) is 0 Å². The Morgan fingerprint density at radius 1 is 1.37 bits per heavy atom. The van der Waals surface area contributed by atoms with E-state index in [2.05, 4.69) is 5.32 Å². The zero-order valence-corrected chi connectivity index (χ0v) is 10.5. The number of rotatable bonds is 5. The maximum absolute atomic E-state index is 11.6. The Labute approximate surface area is 110 Å². The summed E-state index contributed by atoms with van der Waals surface area (Å²) in [6.45, 7) is 0.504. The van der Waals surface area contributed by atoms with Crippen LogP contribution in [-0.2, 0) is 11.3 Å². The van der Waals surface area contributed by atoms with Crippen LogP contribution >= 0.6 is 0 Å². The summed E-state index contributed by atoms with van der Waals surface area (Å²) in [6.07, 6.45) is 2.12. The van der Waals surface area contributed by atoms with E-state index in [1.165, 1.54) is 0 Å². The highest BCUT2D eigenvalue weighted by Gasteiger charge is 2.23. The Hall–Kier alpha value is -1.95. The number of hydrogen-bond acceptors (Lipinski definition) is 5. The van der Waals surface area contributed by atoms with Crippen LogP contribution in [0.4, 0.5) is 0 Å². The Balaban J connectivity index is 1.67. The number of carbonyl (C=O) groups is 1. The van der Waals surface area contributed by atoms with Crippen molar-refractivity contribution in [3.8, 4) is 17.2 Å². The number of amides is 1. The van der Waals surface area contributed by atoms with Crippen LogP contribution in [-0.4, -0.2) is 25.3 Å².